The van der Waals surface area contributed by atoms with Crippen molar-refractivity contribution in [1.29, 1.82) is 0 Å². The SMILES string of the molecule is CNc1nc2ccc(F)c(C(F)(F)F)c2n1-c1cccc([C@]2(C)CC(=O)N(C)C(N)=N2)c1F. The second kappa shape index (κ2) is 7.42. The number of aromatic nitrogens is 2. The number of fused-ring (bicyclic) bond motifs is 1. The smallest absolute Gasteiger partial charge is 0.369 e. The number of benzene rings is 2. The first-order valence-corrected chi connectivity index (χ1v) is 9.76. The number of nitrogens with one attached hydrogen (secondary N) is 1. The van der Waals surface area contributed by atoms with Gasteiger partial charge in [-0.05, 0) is 25.1 Å². The van der Waals surface area contributed by atoms with Crippen LogP contribution in [0.1, 0.15) is 24.5 Å². The van der Waals surface area contributed by atoms with Crippen LogP contribution in [0, 0.1) is 11.6 Å². The van der Waals surface area contributed by atoms with Crippen LogP contribution in [0.3, 0.4) is 0 Å². The fraction of sp³-hybridized carbons (Fsp3) is 0.286. The van der Waals surface area contributed by atoms with Crippen molar-refractivity contribution in [3.05, 3.63) is 53.1 Å². The van der Waals surface area contributed by atoms with Gasteiger partial charge in [0.25, 0.3) is 0 Å². The average molecular weight is 466 g/mol. The number of alkyl halides is 3. The second-order valence-corrected chi connectivity index (χ2v) is 7.82. The maximum atomic E-state index is 15.9. The number of nitrogens with zero attached hydrogens (tertiary/aromatic N) is 4. The van der Waals surface area contributed by atoms with Crippen LogP contribution in [0.25, 0.3) is 16.7 Å². The van der Waals surface area contributed by atoms with Gasteiger partial charge < -0.3 is 11.1 Å². The summed E-state index contributed by atoms with van der Waals surface area (Å²) in [5.41, 5.74) is 1.64. The lowest BCUT2D eigenvalue weighted by atomic mass is 9.87. The molecule has 1 aliphatic heterocycles. The molecule has 0 spiro atoms. The van der Waals surface area contributed by atoms with Gasteiger partial charge in [0.2, 0.25) is 11.9 Å². The van der Waals surface area contributed by atoms with Gasteiger partial charge in [-0.25, -0.2) is 18.8 Å². The van der Waals surface area contributed by atoms with Gasteiger partial charge in [-0.15, -0.1) is 0 Å². The molecule has 1 aromatic heterocycles. The summed E-state index contributed by atoms with van der Waals surface area (Å²) in [6, 6.07) is 5.76. The summed E-state index contributed by atoms with van der Waals surface area (Å²) in [6.07, 6.45) is -5.28. The first-order chi connectivity index (χ1) is 15.4. The van der Waals surface area contributed by atoms with Gasteiger partial charge in [-0.1, -0.05) is 12.1 Å². The lowest BCUT2D eigenvalue weighted by Crippen LogP contribution is -2.47. The van der Waals surface area contributed by atoms with Crippen molar-refractivity contribution in [2.24, 2.45) is 10.7 Å². The van der Waals surface area contributed by atoms with Gasteiger partial charge in [0, 0.05) is 19.7 Å². The number of anilines is 1. The van der Waals surface area contributed by atoms with E-state index in [4.69, 9.17) is 5.73 Å². The van der Waals surface area contributed by atoms with Gasteiger partial charge in [0.15, 0.2) is 11.8 Å². The Kier molecular flexibility index (Phi) is 5.06. The van der Waals surface area contributed by atoms with E-state index >= 15 is 4.39 Å². The first-order valence-electron chi connectivity index (χ1n) is 9.76. The molecule has 7 nitrogen and oxygen atoms in total. The van der Waals surface area contributed by atoms with Crippen LogP contribution in [-0.2, 0) is 16.5 Å². The molecule has 3 N–H and O–H groups in total. The fourth-order valence-corrected chi connectivity index (χ4v) is 3.99. The van der Waals surface area contributed by atoms with Crippen LogP contribution in [-0.4, -0.2) is 40.4 Å². The van der Waals surface area contributed by atoms with Crippen LogP contribution in [0.15, 0.2) is 35.3 Å². The number of carbonyl (C=O) groups excluding carboxylic acids is 1. The van der Waals surface area contributed by atoms with Gasteiger partial charge in [-0.3, -0.25) is 14.3 Å². The van der Waals surface area contributed by atoms with E-state index in [-0.39, 0.29) is 35.1 Å². The Hall–Kier alpha value is -3.70. The largest absolute Gasteiger partial charge is 0.421 e. The van der Waals surface area contributed by atoms with Gasteiger partial charge in [0.05, 0.1) is 28.7 Å². The van der Waals surface area contributed by atoms with E-state index in [1.165, 1.54) is 39.2 Å². The third-order valence-electron chi connectivity index (χ3n) is 5.65. The van der Waals surface area contributed by atoms with Crippen molar-refractivity contribution in [2.75, 3.05) is 19.4 Å². The number of hydrogen-bond donors (Lipinski definition) is 2. The molecule has 0 radical (unpaired) electrons. The van der Waals surface area contributed by atoms with E-state index in [2.05, 4.69) is 15.3 Å². The minimum atomic E-state index is -5.06. The van der Waals surface area contributed by atoms with Crippen LogP contribution in [0.2, 0.25) is 0 Å². The van der Waals surface area contributed by atoms with Crippen LogP contribution < -0.4 is 11.1 Å². The number of guanidine groups is 1. The normalized spacial score (nSPS) is 19.2. The summed E-state index contributed by atoms with van der Waals surface area (Å²) < 4.78 is 72.4. The van der Waals surface area contributed by atoms with E-state index in [0.717, 1.165) is 15.5 Å². The summed E-state index contributed by atoms with van der Waals surface area (Å²) >= 11 is 0. The van der Waals surface area contributed by atoms with Crippen molar-refractivity contribution >= 4 is 28.8 Å². The Bertz CT molecular complexity index is 1310. The molecule has 2 aromatic carbocycles. The summed E-state index contributed by atoms with van der Waals surface area (Å²) in [5.74, 6) is -3.11. The molecule has 33 heavy (non-hydrogen) atoms. The summed E-state index contributed by atoms with van der Waals surface area (Å²) in [5, 5.41) is 2.62. The number of halogens is 5. The number of nitrogens with two attached hydrogens (primary N) is 1. The maximum absolute atomic E-state index is 15.9. The van der Waals surface area contributed by atoms with Crippen LogP contribution >= 0.6 is 0 Å². The molecule has 174 valence electrons. The Labute approximate surface area is 184 Å². The number of amides is 1. The van der Waals surface area contributed by atoms with E-state index in [1.54, 1.807) is 0 Å². The number of hydrogen-bond acceptors (Lipinski definition) is 5. The zero-order chi connectivity index (χ0) is 24.3. The number of carbonyl (C=O) groups is 1. The molecular formula is C21H19F5N6O. The molecule has 0 saturated heterocycles. The van der Waals surface area contributed by atoms with Crippen molar-refractivity contribution in [3.63, 3.8) is 0 Å². The highest BCUT2D eigenvalue weighted by molar-refractivity contribution is 5.98. The third-order valence-corrected chi connectivity index (χ3v) is 5.65. The van der Waals surface area contributed by atoms with E-state index < -0.39 is 40.3 Å². The molecular weight excluding hydrogens is 447 g/mol. The minimum Gasteiger partial charge on any atom is -0.369 e. The van der Waals surface area contributed by atoms with Crippen molar-refractivity contribution < 1.29 is 26.7 Å². The monoisotopic (exact) mass is 466 g/mol. The quantitative estimate of drug-likeness (QED) is 0.576. The van der Waals surface area contributed by atoms with E-state index in [0.29, 0.717) is 6.07 Å². The molecule has 3 aromatic rings. The highest BCUT2D eigenvalue weighted by Gasteiger charge is 2.41. The molecule has 2 heterocycles. The zero-order valence-corrected chi connectivity index (χ0v) is 17.8. The van der Waals surface area contributed by atoms with Crippen molar-refractivity contribution in [2.45, 2.75) is 25.1 Å². The molecule has 0 unspecified atom stereocenters. The molecule has 0 aliphatic carbocycles. The molecule has 12 heteroatoms. The molecule has 1 aliphatic rings. The molecule has 1 atom stereocenters. The van der Waals surface area contributed by atoms with Gasteiger partial charge in [0.1, 0.15) is 11.4 Å². The Morgan fingerprint density at radius 2 is 1.88 bits per heavy atom. The highest BCUT2D eigenvalue weighted by atomic mass is 19.4. The summed E-state index contributed by atoms with van der Waals surface area (Å²) in [6.45, 7) is 1.50. The number of rotatable bonds is 3. The number of imidazole rings is 1. The van der Waals surface area contributed by atoms with Gasteiger partial charge >= 0.3 is 6.18 Å². The minimum absolute atomic E-state index is 0.0572. The van der Waals surface area contributed by atoms with Crippen LogP contribution in [0.5, 0.6) is 0 Å². The summed E-state index contributed by atoms with van der Waals surface area (Å²) in [7, 11) is 2.82. The standard InChI is InChI=1S/C21H19F5N6O/c1-20(9-14(33)31(3)18(27)30-20)10-5-4-6-13(16(10)23)32-17-12(29-19(32)28-2)8-7-11(22)15(17)21(24,25)26/h4-8H,9H2,1-3H3,(H2,27,30)(H,28,29)/t20-/m0/s1. The predicted molar refractivity (Wildman–Crippen MR) is 112 cm³/mol. The Morgan fingerprint density at radius 3 is 2.48 bits per heavy atom. The second-order valence-electron chi connectivity index (χ2n) is 7.82. The van der Waals surface area contributed by atoms with Crippen LogP contribution in [0.4, 0.5) is 27.9 Å². The predicted octanol–water partition coefficient (Wildman–Crippen LogP) is 3.76. The molecule has 0 bridgehead atoms. The first kappa shape index (κ1) is 22.5. The number of aliphatic imine (C=N–C) groups is 1. The fourth-order valence-electron chi connectivity index (χ4n) is 3.99. The lowest BCUT2D eigenvalue weighted by molar-refractivity contribution is -0.138. The van der Waals surface area contributed by atoms with Gasteiger partial charge in [-0.2, -0.15) is 13.2 Å². The Balaban J connectivity index is 2.04. The van der Waals surface area contributed by atoms with E-state index in [1.807, 2.05) is 0 Å². The summed E-state index contributed by atoms with van der Waals surface area (Å²) in [4.78, 5) is 21.8. The maximum Gasteiger partial charge on any atom is 0.421 e. The lowest BCUT2D eigenvalue weighted by Gasteiger charge is -2.34. The third kappa shape index (κ3) is 3.45. The zero-order valence-electron chi connectivity index (χ0n) is 17.8. The molecule has 1 amide bonds. The molecule has 0 fully saturated rings. The van der Waals surface area contributed by atoms with Crippen molar-refractivity contribution in [3.8, 4) is 5.69 Å². The molecule has 0 saturated carbocycles. The van der Waals surface area contributed by atoms with Crippen molar-refractivity contribution in [1.82, 2.24) is 14.5 Å². The average Bonchev–Trinajstić information content (AvgIpc) is 3.09. The van der Waals surface area contributed by atoms with E-state index in [9.17, 15) is 22.4 Å². The molecule has 4 rings (SSSR count). The topological polar surface area (TPSA) is 88.5 Å². The highest BCUT2D eigenvalue weighted by Crippen LogP contribution is 2.41. The Morgan fingerprint density at radius 1 is 1.18 bits per heavy atom.